The highest BCUT2D eigenvalue weighted by atomic mass is 127. The number of aromatic nitrogens is 3. The smallest absolute Gasteiger partial charge is 0.191 e. The summed E-state index contributed by atoms with van der Waals surface area (Å²) < 4.78 is 2.07. The molecule has 0 atom stereocenters. The largest absolute Gasteiger partial charge is 0.356 e. The van der Waals surface area contributed by atoms with Crippen LogP contribution in [-0.2, 0) is 19.5 Å². The molecule has 8 heteroatoms. The maximum atomic E-state index is 4.51. The molecule has 4 aromatic rings. The first kappa shape index (κ1) is 24.9. The molecule has 0 aliphatic heterocycles. The van der Waals surface area contributed by atoms with E-state index in [1.807, 2.05) is 19.4 Å². The summed E-state index contributed by atoms with van der Waals surface area (Å²) >= 11 is 1.69. The van der Waals surface area contributed by atoms with Gasteiger partial charge in [-0.1, -0.05) is 48.5 Å². The van der Waals surface area contributed by atoms with Crippen molar-refractivity contribution in [1.29, 1.82) is 0 Å². The molecule has 2 aromatic heterocycles. The van der Waals surface area contributed by atoms with Gasteiger partial charge in [-0.2, -0.15) is 0 Å². The molecule has 0 radical (unpaired) electrons. The highest BCUT2D eigenvalue weighted by Gasteiger charge is 2.07. The van der Waals surface area contributed by atoms with Gasteiger partial charge < -0.3 is 15.2 Å². The molecular weight excluding hydrogens is 543 g/mol. The van der Waals surface area contributed by atoms with Gasteiger partial charge in [-0.3, -0.25) is 4.99 Å². The van der Waals surface area contributed by atoms with E-state index in [0.717, 1.165) is 36.2 Å². The van der Waals surface area contributed by atoms with Gasteiger partial charge in [0.15, 0.2) is 5.96 Å². The van der Waals surface area contributed by atoms with Crippen LogP contribution in [0.2, 0.25) is 0 Å². The number of hydrogen-bond donors (Lipinski definition) is 2. The molecule has 6 nitrogen and oxygen atoms in total. The lowest BCUT2D eigenvalue weighted by atomic mass is 9.98. The highest BCUT2D eigenvalue weighted by Crippen LogP contribution is 2.24. The third-order valence-corrected chi connectivity index (χ3v) is 6.04. The van der Waals surface area contributed by atoms with Crippen LogP contribution in [0.15, 0.2) is 77.6 Å². The van der Waals surface area contributed by atoms with Crippen LogP contribution in [0.25, 0.3) is 11.1 Å². The molecule has 2 heterocycles. The first-order chi connectivity index (χ1) is 15.7. The van der Waals surface area contributed by atoms with E-state index in [0.29, 0.717) is 6.54 Å². The normalized spacial score (nSPS) is 11.2. The van der Waals surface area contributed by atoms with Gasteiger partial charge in [-0.25, -0.2) is 9.97 Å². The Bertz CT molecular complexity index is 1150. The number of thiazole rings is 1. The van der Waals surface area contributed by atoms with E-state index in [1.54, 1.807) is 24.6 Å². The molecule has 0 aliphatic rings. The fourth-order valence-electron chi connectivity index (χ4n) is 3.57. The summed E-state index contributed by atoms with van der Waals surface area (Å²) in [6.07, 6.45) is 6.51. The Hall–Kier alpha value is -2.72. The molecule has 0 fully saturated rings. The summed E-state index contributed by atoms with van der Waals surface area (Å²) in [4.78, 5) is 13.0. The number of aliphatic imine (C=N–C) groups is 1. The number of rotatable bonds is 8. The van der Waals surface area contributed by atoms with Crippen molar-refractivity contribution in [2.24, 2.45) is 4.99 Å². The Kier molecular flexibility index (Phi) is 9.44. The summed E-state index contributed by atoms with van der Waals surface area (Å²) in [5, 5.41) is 10.0. The Morgan fingerprint density at radius 2 is 1.91 bits per heavy atom. The van der Waals surface area contributed by atoms with Gasteiger partial charge in [0.25, 0.3) is 0 Å². The van der Waals surface area contributed by atoms with Crippen molar-refractivity contribution >= 4 is 41.3 Å². The van der Waals surface area contributed by atoms with Crippen LogP contribution < -0.4 is 10.6 Å². The van der Waals surface area contributed by atoms with E-state index in [2.05, 4.69) is 84.1 Å². The third kappa shape index (κ3) is 7.13. The minimum absolute atomic E-state index is 0. The topological polar surface area (TPSA) is 67.1 Å². The zero-order valence-electron chi connectivity index (χ0n) is 18.9. The second-order valence-corrected chi connectivity index (χ2v) is 8.61. The standard InChI is InChI=1S/C25H28N6S.HI/c1-19-30-23(17-32-19)11-12-28-25(26-2)29-15-22-5-3-4-6-24(22)21-9-7-20(8-10-21)16-31-14-13-27-18-31;/h3-10,13-14,17-18H,11-12,15-16H2,1-2H3,(H2,26,28,29);1H. The van der Waals surface area contributed by atoms with Crippen molar-refractivity contribution < 1.29 is 0 Å². The number of nitrogens with one attached hydrogen (secondary N) is 2. The van der Waals surface area contributed by atoms with Crippen molar-refractivity contribution in [1.82, 2.24) is 25.2 Å². The molecule has 33 heavy (non-hydrogen) atoms. The van der Waals surface area contributed by atoms with Crippen LogP contribution in [-0.4, -0.2) is 34.1 Å². The summed E-state index contributed by atoms with van der Waals surface area (Å²) in [5.41, 5.74) is 6.04. The minimum atomic E-state index is 0. The molecule has 0 aliphatic carbocycles. The minimum Gasteiger partial charge on any atom is -0.356 e. The molecule has 2 aromatic carbocycles. The lowest BCUT2D eigenvalue weighted by molar-refractivity contribution is 0.786. The maximum Gasteiger partial charge on any atom is 0.191 e. The second kappa shape index (κ2) is 12.5. The van der Waals surface area contributed by atoms with Crippen LogP contribution in [0.4, 0.5) is 0 Å². The van der Waals surface area contributed by atoms with Crippen molar-refractivity contribution in [3.8, 4) is 11.1 Å². The van der Waals surface area contributed by atoms with E-state index in [1.165, 1.54) is 22.3 Å². The van der Waals surface area contributed by atoms with Crippen LogP contribution in [0.5, 0.6) is 0 Å². The quantitative estimate of drug-likeness (QED) is 0.179. The van der Waals surface area contributed by atoms with Gasteiger partial charge in [-0.05, 0) is 29.2 Å². The van der Waals surface area contributed by atoms with Crippen LogP contribution in [0.3, 0.4) is 0 Å². The number of halogens is 1. The molecular formula is C25H29IN6S. The predicted molar refractivity (Wildman–Crippen MR) is 147 cm³/mol. The van der Waals surface area contributed by atoms with Gasteiger partial charge in [0, 0.05) is 50.9 Å². The van der Waals surface area contributed by atoms with Gasteiger partial charge in [-0.15, -0.1) is 35.3 Å². The van der Waals surface area contributed by atoms with Crippen molar-refractivity contribution in [3.63, 3.8) is 0 Å². The number of imidazole rings is 1. The van der Waals surface area contributed by atoms with Gasteiger partial charge in [0.2, 0.25) is 0 Å². The average Bonchev–Trinajstić information content (AvgIpc) is 3.48. The Balaban J connectivity index is 0.00000306. The van der Waals surface area contributed by atoms with E-state index in [-0.39, 0.29) is 24.0 Å². The molecule has 0 spiro atoms. The van der Waals surface area contributed by atoms with Crippen LogP contribution in [0.1, 0.15) is 21.8 Å². The second-order valence-electron chi connectivity index (χ2n) is 7.55. The third-order valence-electron chi connectivity index (χ3n) is 5.22. The molecule has 0 amide bonds. The van der Waals surface area contributed by atoms with Crippen molar-refractivity contribution in [2.75, 3.05) is 13.6 Å². The van der Waals surface area contributed by atoms with Crippen LogP contribution >= 0.6 is 35.3 Å². The van der Waals surface area contributed by atoms with Crippen LogP contribution in [0, 0.1) is 6.92 Å². The summed E-state index contributed by atoms with van der Waals surface area (Å²) in [5.74, 6) is 0.794. The molecule has 0 saturated carbocycles. The fourth-order valence-corrected chi connectivity index (χ4v) is 4.22. The number of benzene rings is 2. The molecule has 0 bridgehead atoms. The van der Waals surface area contributed by atoms with Crippen molar-refractivity contribution in [2.45, 2.75) is 26.4 Å². The first-order valence-corrected chi connectivity index (χ1v) is 11.6. The lowest BCUT2D eigenvalue weighted by Gasteiger charge is -2.14. The summed E-state index contributed by atoms with van der Waals surface area (Å²) in [6, 6.07) is 17.2. The zero-order valence-corrected chi connectivity index (χ0v) is 22.0. The lowest BCUT2D eigenvalue weighted by Crippen LogP contribution is -2.38. The summed E-state index contributed by atoms with van der Waals surface area (Å²) in [6.45, 7) is 4.35. The fraction of sp³-hybridized carbons (Fsp3) is 0.240. The first-order valence-electron chi connectivity index (χ1n) is 10.7. The Morgan fingerprint density at radius 1 is 1.09 bits per heavy atom. The van der Waals surface area contributed by atoms with Gasteiger partial charge >= 0.3 is 0 Å². The Morgan fingerprint density at radius 3 is 2.61 bits per heavy atom. The maximum absolute atomic E-state index is 4.51. The average molecular weight is 573 g/mol. The van der Waals surface area contributed by atoms with E-state index >= 15 is 0 Å². The molecule has 0 unspecified atom stereocenters. The molecule has 172 valence electrons. The number of guanidine groups is 1. The highest BCUT2D eigenvalue weighted by molar-refractivity contribution is 14.0. The van der Waals surface area contributed by atoms with E-state index < -0.39 is 0 Å². The predicted octanol–water partition coefficient (Wildman–Crippen LogP) is 4.89. The zero-order chi connectivity index (χ0) is 22.2. The molecule has 2 N–H and O–H groups in total. The number of nitrogens with zero attached hydrogens (tertiary/aromatic N) is 4. The number of hydrogen-bond acceptors (Lipinski definition) is 4. The number of aryl methyl sites for hydroxylation is 1. The van der Waals surface area contributed by atoms with E-state index in [4.69, 9.17) is 0 Å². The summed E-state index contributed by atoms with van der Waals surface area (Å²) in [7, 11) is 1.80. The Labute approximate surface area is 216 Å². The SMILES string of the molecule is CN=C(NCCc1csc(C)n1)NCc1ccccc1-c1ccc(Cn2ccnc2)cc1.I. The van der Waals surface area contributed by atoms with Gasteiger partial charge in [0.1, 0.15) is 0 Å². The van der Waals surface area contributed by atoms with Gasteiger partial charge in [0.05, 0.1) is 17.0 Å². The molecule has 0 saturated heterocycles. The molecule has 4 rings (SSSR count). The van der Waals surface area contributed by atoms with Crippen molar-refractivity contribution in [3.05, 3.63) is 94.5 Å². The monoisotopic (exact) mass is 572 g/mol. The van der Waals surface area contributed by atoms with E-state index in [9.17, 15) is 0 Å².